The minimum absolute atomic E-state index is 0. The molecule has 0 aliphatic carbocycles. The van der Waals surface area contributed by atoms with Crippen LogP contribution >= 0.6 is 24.0 Å². The molecule has 1 saturated heterocycles. The quantitative estimate of drug-likeness (QED) is 0.325. The second-order valence-corrected chi connectivity index (χ2v) is 9.84. The van der Waals surface area contributed by atoms with Crippen LogP contribution in [0.25, 0.3) is 0 Å². The number of aliphatic imine (C=N–C) groups is 1. The van der Waals surface area contributed by atoms with Gasteiger partial charge in [0.05, 0.1) is 5.75 Å². The van der Waals surface area contributed by atoms with Crippen LogP contribution in [0, 0.1) is 5.92 Å². The Balaban J connectivity index is 0.00000341. The molecule has 2 aromatic carbocycles. The summed E-state index contributed by atoms with van der Waals surface area (Å²) in [6.45, 7) is 4.83. The second kappa shape index (κ2) is 11.8. The summed E-state index contributed by atoms with van der Waals surface area (Å²) in [5, 5.41) is 3.45. The molecule has 0 bridgehead atoms. The largest absolute Gasteiger partial charge is 0.352 e. The first-order valence-corrected chi connectivity index (χ1v) is 12.1. The normalized spacial score (nSPS) is 19.6. The van der Waals surface area contributed by atoms with Crippen LogP contribution in [0.4, 0.5) is 0 Å². The monoisotopic (exact) mass is 556 g/mol. The molecule has 170 valence electrons. The third-order valence-electron chi connectivity index (χ3n) is 5.75. The van der Waals surface area contributed by atoms with Crippen LogP contribution in [-0.2, 0) is 22.3 Å². The van der Waals surface area contributed by atoms with Gasteiger partial charge in [0.1, 0.15) is 0 Å². The number of benzene rings is 2. The van der Waals surface area contributed by atoms with Crippen molar-refractivity contribution in [3.63, 3.8) is 0 Å². The fourth-order valence-electron chi connectivity index (χ4n) is 4.17. The van der Waals surface area contributed by atoms with E-state index in [1.807, 2.05) is 31.3 Å². The Labute approximate surface area is 203 Å². The van der Waals surface area contributed by atoms with Gasteiger partial charge in [0, 0.05) is 26.7 Å². The highest BCUT2D eigenvalue weighted by Crippen LogP contribution is 2.32. The minimum Gasteiger partial charge on any atom is -0.352 e. The van der Waals surface area contributed by atoms with Gasteiger partial charge < -0.3 is 10.2 Å². The summed E-state index contributed by atoms with van der Waals surface area (Å²) >= 11 is 0. The van der Waals surface area contributed by atoms with Gasteiger partial charge in [0.2, 0.25) is 10.0 Å². The lowest BCUT2D eigenvalue weighted by Crippen LogP contribution is -2.47. The molecule has 0 radical (unpaired) electrons. The molecule has 1 fully saturated rings. The molecule has 8 heteroatoms. The van der Waals surface area contributed by atoms with Crippen LogP contribution in [0.1, 0.15) is 36.0 Å². The number of hydrogen-bond donors (Lipinski definition) is 2. The number of sulfonamides is 1. The molecule has 0 aromatic heterocycles. The molecular weight excluding hydrogens is 523 g/mol. The number of nitrogens with one attached hydrogen (secondary N) is 2. The predicted molar refractivity (Wildman–Crippen MR) is 138 cm³/mol. The lowest BCUT2D eigenvalue weighted by atomic mass is 9.82. The zero-order chi connectivity index (χ0) is 21.6. The van der Waals surface area contributed by atoms with Crippen LogP contribution in [0.5, 0.6) is 0 Å². The van der Waals surface area contributed by atoms with E-state index >= 15 is 0 Å². The van der Waals surface area contributed by atoms with Gasteiger partial charge in [-0.05, 0) is 42.0 Å². The lowest BCUT2D eigenvalue weighted by molar-refractivity contribution is 0.234. The standard InChI is InChI=1S/C23H32N4O2S.HI/c1-18-16-27(13-12-22(18)21-10-5-4-6-11-21)23(24-2)26-15-19-8-7-9-20(14-19)17-30(28,29)25-3;/h4-11,14,18,22,25H,12-13,15-17H2,1-3H3,(H,24,26);1H. The van der Waals surface area contributed by atoms with Crippen LogP contribution in [0.15, 0.2) is 59.6 Å². The zero-order valence-corrected chi connectivity index (χ0v) is 21.6. The Hall–Kier alpha value is -1.65. The molecule has 0 saturated carbocycles. The van der Waals surface area contributed by atoms with Gasteiger partial charge in [0.15, 0.2) is 5.96 Å². The Morgan fingerprint density at radius 2 is 1.84 bits per heavy atom. The van der Waals surface area contributed by atoms with Crippen molar-refractivity contribution in [1.82, 2.24) is 14.9 Å². The molecule has 6 nitrogen and oxygen atoms in total. The molecule has 2 atom stereocenters. The lowest BCUT2D eigenvalue weighted by Gasteiger charge is -2.39. The van der Waals surface area contributed by atoms with Crippen LogP contribution < -0.4 is 10.0 Å². The Bertz CT molecular complexity index is 967. The van der Waals surface area contributed by atoms with Crippen molar-refractivity contribution in [3.8, 4) is 0 Å². The van der Waals surface area contributed by atoms with Crippen molar-refractivity contribution in [2.75, 3.05) is 27.2 Å². The van der Waals surface area contributed by atoms with Crippen LogP contribution in [-0.4, -0.2) is 46.5 Å². The molecule has 1 aliphatic heterocycles. The third-order valence-corrected chi connectivity index (χ3v) is 7.09. The number of likely N-dealkylation sites (tertiary alicyclic amines) is 1. The topological polar surface area (TPSA) is 73.8 Å². The smallest absolute Gasteiger partial charge is 0.215 e. The average Bonchev–Trinajstić information content (AvgIpc) is 2.75. The molecular formula is C23H33IN4O2S. The Kier molecular flexibility index (Phi) is 9.77. The molecule has 0 spiro atoms. The fraction of sp³-hybridized carbons (Fsp3) is 0.435. The summed E-state index contributed by atoms with van der Waals surface area (Å²) in [4.78, 5) is 6.80. The second-order valence-electron chi connectivity index (χ2n) is 7.91. The zero-order valence-electron chi connectivity index (χ0n) is 18.4. The van der Waals surface area contributed by atoms with Crippen molar-refractivity contribution in [2.24, 2.45) is 10.9 Å². The van der Waals surface area contributed by atoms with Crippen molar-refractivity contribution >= 4 is 40.0 Å². The summed E-state index contributed by atoms with van der Waals surface area (Å²) in [7, 11) is -0.0302. The predicted octanol–water partition coefficient (Wildman–Crippen LogP) is 3.55. The molecule has 0 amide bonds. The van der Waals surface area contributed by atoms with E-state index in [9.17, 15) is 8.42 Å². The first-order valence-electron chi connectivity index (χ1n) is 10.4. The van der Waals surface area contributed by atoms with Crippen LogP contribution in [0.3, 0.4) is 0 Å². The van der Waals surface area contributed by atoms with E-state index in [4.69, 9.17) is 0 Å². The molecule has 3 rings (SSSR count). The van der Waals surface area contributed by atoms with Gasteiger partial charge in [-0.15, -0.1) is 24.0 Å². The molecule has 2 unspecified atom stereocenters. The van der Waals surface area contributed by atoms with Gasteiger partial charge in [-0.3, -0.25) is 4.99 Å². The number of hydrogen-bond acceptors (Lipinski definition) is 3. The number of nitrogens with zero attached hydrogens (tertiary/aromatic N) is 2. The number of halogens is 1. The fourth-order valence-corrected chi connectivity index (χ4v) is 4.93. The SMILES string of the molecule is CN=C(NCc1cccc(CS(=O)(=O)NC)c1)N1CCC(c2ccccc2)C(C)C1.I. The van der Waals surface area contributed by atoms with Gasteiger partial charge in [-0.2, -0.15) is 0 Å². The highest BCUT2D eigenvalue weighted by molar-refractivity contribution is 14.0. The van der Waals surface area contributed by atoms with Crippen molar-refractivity contribution < 1.29 is 8.42 Å². The number of rotatable bonds is 6. The summed E-state index contributed by atoms with van der Waals surface area (Å²) < 4.78 is 26.0. The molecule has 1 aliphatic rings. The first-order chi connectivity index (χ1) is 14.4. The molecule has 2 aromatic rings. The van der Waals surface area contributed by atoms with E-state index in [2.05, 4.69) is 57.2 Å². The maximum Gasteiger partial charge on any atom is 0.215 e. The van der Waals surface area contributed by atoms with E-state index in [0.29, 0.717) is 18.4 Å². The molecule has 31 heavy (non-hydrogen) atoms. The molecule has 1 heterocycles. The van der Waals surface area contributed by atoms with E-state index < -0.39 is 10.0 Å². The maximum atomic E-state index is 11.8. The maximum absolute atomic E-state index is 11.8. The van der Waals surface area contributed by atoms with E-state index in [0.717, 1.165) is 36.6 Å². The summed E-state index contributed by atoms with van der Waals surface area (Å²) in [5.74, 6) is 1.99. The summed E-state index contributed by atoms with van der Waals surface area (Å²) in [6.07, 6.45) is 1.10. The van der Waals surface area contributed by atoms with Gasteiger partial charge in [-0.1, -0.05) is 61.5 Å². The highest BCUT2D eigenvalue weighted by Gasteiger charge is 2.28. The van der Waals surface area contributed by atoms with E-state index in [1.54, 1.807) is 0 Å². The van der Waals surface area contributed by atoms with Crippen LogP contribution in [0.2, 0.25) is 0 Å². The van der Waals surface area contributed by atoms with Gasteiger partial charge >= 0.3 is 0 Å². The Morgan fingerprint density at radius 1 is 1.13 bits per heavy atom. The van der Waals surface area contributed by atoms with Gasteiger partial charge in [0.25, 0.3) is 0 Å². The van der Waals surface area contributed by atoms with Gasteiger partial charge in [-0.25, -0.2) is 13.1 Å². The van der Waals surface area contributed by atoms with E-state index in [1.165, 1.54) is 12.6 Å². The summed E-state index contributed by atoms with van der Waals surface area (Å²) in [6, 6.07) is 18.4. The van der Waals surface area contributed by atoms with Crippen molar-refractivity contribution in [3.05, 3.63) is 71.3 Å². The minimum atomic E-state index is -3.28. The first kappa shape index (κ1) is 25.6. The number of piperidine rings is 1. The highest BCUT2D eigenvalue weighted by atomic mass is 127. The van der Waals surface area contributed by atoms with Crippen molar-refractivity contribution in [2.45, 2.75) is 31.6 Å². The van der Waals surface area contributed by atoms with E-state index in [-0.39, 0.29) is 29.7 Å². The average molecular weight is 557 g/mol. The van der Waals surface area contributed by atoms with Crippen molar-refractivity contribution in [1.29, 1.82) is 0 Å². The number of guanidine groups is 1. The summed E-state index contributed by atoms with van der Waals surface area (Å²) in [5.41, 5.74) is 3.23. The Morgan fingerprint density at radius 3 is 2.48 bits per heavy atom. The molecule has 2 N–H and O–H groups in total. The third kappa shape index (κ3) is 7.18.